The normalized spacial score (nSPS) is 8.85. The Bertz CT molecular complexity index is 664. The van der Waals surface area contributed by atoms with Gasteiger partial charge in [0.05, 0.1) is 0 Å². The van der Waals surface area contributed by atoms with Crippen LogP contribution >= 0.6 is 135 Å². The van der Waals surface area contributed by atoms with Gasteiger partial charge in [0, 0.05) is 66.1 Å². The van der Waals surface area contributed by atoms with Crippen LogP contribution in [0.1, 0.15) is 0 Å². The zero-order valence-corrected chi connectivity index (χ0v) is 31.7. The molecule has 2 aromatic heterocycles. The number of likely N-dealkylation sites (N-methyl/N-ethyl adjacent to an activating group) is 1. The molecule has 0 aromatic carbocycles. The van der Waals surface area contributed by atoms with Gasteiger partial charge in [0.1, 0.15) is 11.6 Å². The molecule has 191 valence electrons. The van der Waals surface area contributed by atoms with E-state index in [1.54, 1.807) is 17.4 Å². The van der Waals surface area contributed by atoms with Crippen molar-refractivity contribution < 1.29 is 18.6 Å². The van der Waals surface area contributed by atoms with Crippen molar-refractivity contribution in [3.63, 3.8) is 0 Å². The minimum Gasteiger partial charge on any atom is -0.329 e. The Hall–Kier alpha value is 2.49. The second-order valence-electron chi connectivity index (χ2n) is 5.20. The van der Waals surface area contributed by atoms with E-state index in [-0.39, 0.29) is 31.0 Å². The first-order valence-electron chi connectivity index (χ1n) is 8.52. The maximum Gasteiger partial charge on any atom is 0.142 e. The molecule has 0 fully saturated rings. The van der Waals surface area contributed by atoms with Crippen molar-refractivity contribution in [3.05, 3.63) is 50.5 Å². The predicted molar refractivity (Wildman–Crippen MR) is 182 cm³/mol. The summed E-state index contributed by atoms with van der Waals surface area (Å²) in [6, 6.07) is 7.51. The van der Waals surface area contributed by atoms with Crippen molar-refractivity contribution in [2.24, 2.45) is 17.4 Å². The number of aromatic nitrogens is 2. The molecule has 0 aliphatic heterocycles. The Morgan fingerprint density at radius 3 is 1.58 bits per heavy atom. The molecule has 1 radical (unpaired) electrons. The molecule has 0 bridgehead atoms. The van der Waals surface area contributed by atoms with Crippen LogP contribution in [0, 0.1) is 4.93 Å². The van der Waals surface area contributed by atoms with Crippen LogP contribution in [0.4, 0.5) is 11.6 Å². The van der Waals surface area contributed by atoms with E-state index in [0.29, 0.717) is 13.1 Å². The number of halogens is 7. The fourth-order valence-electron chi connectivity index (χ4n) is 1.68. The molecule has 33 heavy (non-hydrogen) atoms. The average Bonchev–Trinajstić information content (AvgIpc) is 2.74. The zero-order valence-electron chi connectivity index (χ0n) is 17.7. The molecule has 0 spiro atoms. The SMILES string of the molecule is CNCCN(N)c1ccc(Br)cn1.Cl.IC(I)I.NCCN(N)c1ccc(Br)cn1.[CH2-]I.[V]. The molecule has 16 heteroatoms. The molecule has 2 heterocycles. The summed E-state index contributed by atoms with van der Waals surface area (Å²) < 4.78 is 2.64. The summed E-state index contributed by atoms with van der Waals surface area (Å²) in [5.74, 6) is 12.9. The Kier molecular flexibility index (Phi) is 37.5. The van der Waals surface area contributed by atoms with E-state index in [9.17, 15) is 0 Å². The minimum atomic E-state index is 0. The summed E-state index contributed by atoms with van der Waals surface area (Å²) in [5.41, 5.74) is 5.34. The van der Waals surface area contributed by atoms with E-state index >= 15 is 0 Å². The van der Waals surface area contributed by atoms with Crippen LogP contribution in [0.5, 0.6) is 0 Å². The fourth-order valence-corrected chi connectivity index (χ4v) is 2.15. The third kappa shape index (κ3) is 25.9. The molecular weight excluding hydrogens is 1070 g/mol. The fraction of sp³-hybridized carbons (Fsp3) is 0.353. The molecule has 0 amide bonds. The number of nitrogens with two attached hydrogens (primary N) is 3. The van der Waals surface area contributed by atoms with Gasteiger partial charge in [-0.3, -0.25) is 14.9 Å². The van der Waals surface area contributed by atoms with Gasteiger partial charge in [0.25, 0.3) is 0 Å². The third-order valence-corrected chi connectivity index (χ3v) is 3.92. The van der Waals surface area contributed by atoms with Crippen LogP contribution in [-0.2, 0) is 18.6 Å². The van der Waals surface area contributed by atoms with Crippen LogP contribution in [-0.4, -0.2) is 43.1 Å². The van der Waals surface area contributed by atoms with Crippen molar-refractivity contribution in [1.82, 2.24) is 15.3 Å². The molecule has 0 saturated carbocycles. The first-order valence-corrected chi connectivity index (χ1v) is 15.4. The number of pyridine rings is 2. The number of nitrogens with one attached hydrogen (secondary N) is 1. The predicted octanol–water partition coefficient (Wildman–Crippen LogP) is 5.43. The van der Waals surface area contributed by atoms with Crippen LogP contribution < -0.4 is 32.8 Å². The van der Waals surface area contributed by atoms with Crippen molar-refractivity contribution in [3.8, 4) is 0 Å². The Labute approximate surface area is 286 Å². The van der Waals surface area contributed by atoms with E-state index < -0.39 is 0 Å². The summed E-state index contributed by atoms with van der Waals surface area (Å²) in [5, 5.41) is 6.16. The van der Waals surface area contributed by atoms with Gasteiger partial charge in [-0.2, -0.15) is 0 Å². The molecule has 0 unspecified atom stereocenters. The summed E-state index contributed by atoms with van der Waals surface area (Å²) in [6.45, 7) is 2.71. The first-order chi connectivity index (χ1) is 14.7. The van der Waals surface area contributed by atoms with Crippen molar-refractivity contribution in [1.29, 1.82) is 0 Å². The maximum absolute atomic E-state index is 5.75. The van der Waals surface area contributed by atoms with Crippen molar-refractivity contribution in [2.75, 3.05) is 43.2 Å². The summed E-state index contributed by atoms with van der Waals surface area (Å²) >= 11 is 15.5. The van der Waals surface area contributed by atoms with Crippen LogP contribution in [0.25, 0.3) is 0 Å². The zero-order chi connectivity index (χ0) is 24.2. The quantitative estimate of drug-likeness (QED) is 0.0954. The molecule has 0 aliphatic rings. The van der Waals surface area contributed by atoms with E-state index in [1.807, 2.05) is 53.9 Å². The van der Waals surface area contributed by atoms with Gasteiger partial charge in [-0.1, -0.05) is 67.8 Å². The van der Waals surface area contributed by atoms with E-state index in [4.69, 9.17) is 17.4 Å². The number of anilines is 2. The Morgan fingerprint density at radius 2 is 1.30 bits per heavy atom. The summed E-state index contributed by atoms with van der Waals surface area (Å²) in [4.78, 5) is 11.5. The number of hydrogen-bond acceptors (Lipinski definition) is 8. The van der Waals surface area contributed by atoms with Gasteiger partial charge >= 0.3 is 0 Å². The number of hydrazine groups is 2. The third-order valence-electron chi connectivity index (χ3n) is 2.98. The summed E-state index contributed by atoms with van der Waals surface area (Å²) in [6.07, 6.45) is 3.43. The average molecular weight is 1100 g/mol. The van der Waals surface area contributed by atoms with Gasteiger partial charge in [-0.25, -0.2) is 21.7 Å². The van der Waals surface area contributed by atoms with Crippen LogP contribution in [0.3, 0.4) is 0 Å². The van der Waals surface area contributed by atoms with E-state index in [2.05, 4.69) is 120 Å². The van der Waals surface area contributed by atoms with Crippen LogP contribution in [0.15, 0.2) is 45.6 Å². The van der Waals surface area contributed by atoms with Gasteiger partial charge in [-0.05, 0) is 63.2 Å². The molecule has 0 saturated heterocycles. The molecule has 2 aromatic rings. The number of hydrogen-bond donors (Lipinski definition) is 4. The molecular formula is C17H28Br2ClI4N8V-. The minimum absolute atomic E-state index is 0. The molecule has 0 aliphatic carbocycles. The topological polar surface area (TPSA) is 122 Å². The van der Waals surface area contributed by atoms with Gasteiger partial charge < -0.3 is 33.6 Å². The second-order valence-corrected chi connectivity index (χ2v) is 17.9. The van der Waals surface area contributed by atoms with Gasteiger partial charge in [0.2, 0.25) is 0 Å². The van der Waals surface area contributed by atoms with E-state index in [1.165, 1.54) is 5.01 Å². The molecule has 8 nitrogen and oxygen atoms in total. The Balaban J connectivity index is -0.000000197. The maximum atomic E-state index is 5.75. The monoisotopic (exact) mass is 1100 g/mol. The number of alkyl halides is 3. The smallest absolute Gasteiger partial charge is 0.142 e. The van der Waals surface area contributed by atoms with E-state index in [0.717, 1.165) is 33.6 Å². The Morgan fingerprint density at radius 1 is 0.939 bits per heavy atom. The first kappa shape index (κ1) is 42.6. The summed E-state index contributed by atoms with van der Waals surface area (Å²) in [7, 11) is 1.89. The second kappa shape index (κ2) is 29.1. The number of nitrogens with zero attached hydrogens (tertiary/aromatic N) is 4. The van der Waals surface area contributed by atoms with Crippen molar-refractivity contribution >= 4 is 146 Å². The van der Waals surface area contributed by atoms with Gasteiger partial charge in [-0.15, -0.1) is 12.4 Å². The van der Waals surface area contributed by atoms with Crippen molar-refractivity contribution in [2.45, 2.75) is -0.0619 Å². The van der Waals surface area contributed by atoms with Gasteiger partial charge in [0.15, 0.2) is 0 Å². The van der Waals surface area contributed by atoms with Crippen LogP contribution in [0.2, 0.25) is 0 Å². The number of rotatable bonds is 7. The molecule has 7 N–H and O–H groups in total. The molecule has 2 rings (SSSR count). The molecule has 0 atom stereocenters. The standard InChI is InChI=1S/C8H13BrN4.C7H11BrN4.CHI3.CH2I.ClH.V/c1-11-4-5-13(10)8-3-2-7(9)6-12-8;8-6-1-2-7(11-5-6)12(10)4-3-9;2-1(3)4;1-2;;/h2-3,6,11H,4-5,10H2,1H3;1-2,5H,3-4,9-10H2;1H;1H2;1H;/q;;;-1;;. The largest absolute Gasteiger partial charge is 0.329 e.